The second kappa shape index (κ2) is 6.16. The van der Waals surface area contributed by atoms with Gasteiger partial charge < -0.3 is 9.47 Å². The van der Waals surface area contributed by atoms with Crippen LogP contribution in [0.1, 0.15) is 29.7 Å². The molecule has 2 aromatic carbocycles. The highest BCUT2D eigenvalue weighted by Gasteiger charge is 2.22. The lowest BCUT2D eigenvalue weighted by Crippen LogP contribution is -2.30. The van der Waals surface area contributed by atoms with Gasteiger partial charge in [0.2, 0.25) is 0 Å². The van der Waals surface area contributed by atoms with E-state index in [-0.39, 0.29) is 6.04 Å². The molecule has 1 aliphatic heterocycles. The van der Waals surface area contributed by atoms with Gasteiger partial charge in [0.1, 0.15) is 13.2 Å². The predicted molar refractivity (Wildman–Crippen MR) is 82.4 cm³/mol. The summed E-state index contributed by atoms with van der Waals surface area (Å²) in [6.07, 6.45) is 0.998. The van der Waals surface area contributed by atoms with E-state index in [0.717, 1.165) is 29.0 Å². The molecule has 4 heteroatoms. The fourth-order valence-electron chi connectivity index (χ4n) is 2.68. The third-order valence-corrected chi connectivity index (χ3v) is 3.77. The Morgan fingerprint density at radius 2 is 1.95 bits per heavy atom. The van der Waals surface area contributed by atoms with E-state index in [9.17, 15) is 0 Å². The van der Waals surface area contributed by atoms with Crippen LogP contribution in [0.5, 0.6) is 11.5 Å². The predicted octanol–water partition coefficient (Wildman–Crippen LogP) is 2.57. The first kappa shape index (κ1) is 13.9. The summed E-state index contributed by atoms with van der Waals surface area (Å²) < 4.78 is 11.4. The average Bonchev–Trinajstić information content (AvgIpc) is 2.56. The van der Waals surface area contributed by atoms with E-state index in [0.29, 0.717) is 13.2 Å². The summed E-state index contributed by atoms with van der Waals surface area (Å²) in [6, 6.07) is 14.2. The molecule has 1 atom stereocenters. The van der Waals surface area contributed by atoms with Crippen LogP contribution >= 0.6 is 0 Å². The molecule has 0 radical (unpaired) electrons. The van der Waals surface area contributed by atoms with Crippen LogP contribution in [0.4, 0.5) is 0 Å². The fourth-order valence-corrected chi connectivity index (χ4v) is 2.68. The van der Waals surface area contributed by atoms with Gasteiger partial charge >= 0.3 is 0 Å². The second-order valence-electron chi connectivity index (χ2n) is 5.07. The van der Waals surface area contributed by atoms with Crippen molar-refractivity contribution in [3.8, 4) is 11.5 Å². The third-order valence-electron chi connectivity index (χ3n) is 3.77. The number of fused-ring (bicyclic) bond motifs is 1. The minimum atomic E-state index is -0.117. The molecule has 3 N–H and O–H groups in total. The Hall–Kier alpha value is -2.04. The van der Waals surface area contributed by atoms with Gasteiger partial charge in [0, 0.05) is 5.56 Å². The van der Waals surface area contributed by atoms with Crippen molar-refractivity contribution in [2.24, 2.45) is 5.84 Å². The van der Waals surface area contributed by atoms with Crippen LogP contribution in [-0.4, -0.2) is 13.2 Å². The second-order valence-corrected chi connectivity index (χ2v) is 5.07. The molecule has 0 fully saturated rings. The van der Waals surface area contributed by atoms with Gasteiger partial charge in [0.15, 0.2) is 11.5 Å². The molecule has 4 nitrogen and oxygen atoms in total. The van der Waals surface area contributed by atoms with Gasteiger partial charge in [-0.05, 0) is 23.6 Å². The maximum Gasteiger partial charge on any atom is 0.166 e. The first-order valence-electron chi connectivity index (χ1n) is 7.27. The summed E-state index contributed by atoms with van der Waals surface area (Å²) in [5.74, 6) is 7.38. The summed E-state index contributed by atoms with van der Waals surface area (Å²) in [4.78, 5) is 0. The van der Waals surface area contributed by atoms with Gasteiger partial charge in [-0.1, -0.05) is 43.3 Å². The van der Waals surface area contributed by atoms with Crippen molar-refractivity contribution in [1.82, 2.24) is 5.43 Å². The Morgan fingerprint density at radius 3 is 2.76 bits per heavy atom. The van der Waals surface area contributed by atoms with E-state index < -0.39 is 0 Å². The Bertz CT molecular complexity index is 628. The van der Waals surface area contributed by atoms with Crippen LogP contribution in [0, 0.1) is 0 Å². The Morgan fingerprint density at radius 1 is 1.14 bits per heavy atom. The van der Waals surface area contributed by atoms with Crippen molar-refractivity contribution in [1.29, 1.82) is 0 Å². The van der Waals surface area contributed by atoms with Crippen LogP contribution < -0.4 is 20.7 Å². The van der Waals surface area contributed by atoms with E-state index in [1.54, 1.807) is 0 Å². The number of benzene rings is 2. The Kier molecular flexibility index (Phi) is 4.08. The van der Waals surface area contributed by atoms with E-state index in [1.807, 2.05) is 18.2 Å². The van der Waals surface area contributed by atoms with Crippen molar-refractivity contribution in [3.63, 3.8) is 0 Å². The lowest BCUT2D eigenvalue weighted by atomic mass is 9.96. The zero-order chi connectivity index (χ0) is 14.7. The van der Waals surface area contributed by atoms with Crippen molar-refractivity contribution < 1.29 is 9.47 Å². The summed E-state index contributed by atoms with van der Waals surface area (Å²) in [6.45, 7) is 3.30. The highest BCUT2D eigenvalue weighted by atomic mass is 16.6. The SMILES string of the molecule is CCc1cccc(C(NN)c2cccc3c2OCCO3)c1. The molecule has 21 heavy (non-hydrogen) atoms. The lowest BCUT2D eigenvalue weighted by Gasteiger charge is -2.25. The molecule has 1 heterocycles. The molecule has 1 unspecified atom stereocenters. The number of hydrazine groups is 1. The molecule has 3 rings (SSSR count). The minimum Gasteiger partial charge on any atom is -0.486 e. The van der Waals surface area contributed by atoms with Crippen LogP contribution in [0.15, 0.2) is 42.5 Å². The largest absolute Gasteiger partial charge is 0.486 e. The van der Waals surface area contributed by atoms with Crippen LogP contribution in [0.25, 0.3) is 0 Å². The summed E-state index contributed by atoms with van der Waals surface area (Å²) >= 11 is 0. The van der Waals surface area contributed by atoms with Gasteiger partial charge in [-0.3, -0.25) is 5.84 Å². The van der Waals surface area contributed by atoms with Gasteiger partial charge in [-0.15, -0.1) is 0 Å². The molecule has 2 aromatic rings. The van der Waals surface area contributed by atoms with Crippen molar-refractivity contribution >= 4 is 0 Å². The summed E-state index contributed by atoms with van der Waals surface area (Å²) in [5, 5.41) is 0. The minimum absolute atomic E-state index is 0.117. The molecule has 0 saturated heterocycles. The smallest absolute Gasteiger partial charge is 0.166 e. The number of hydrogen-bond donors (Lipinski definition) is 2. The number of nitrogens with two attached hydrogens (primary N) is 1. The standard InChI is InChI=1S/C17H20N2O2/c1-2-12-5-3-6-13(11-12)16(19-18)14-7-4-8-15-17(14)21-10-9-20-15/h3-8,11,16,19H,2,9-10,18H2,1H3. The zero-order valence-corrected chi connectivity index (χ0v) is 12.1. The van der Waals surface area contributed by atoms with Crippen molar-refractivity contribution in [2.75, 3.05) is 13.2 Å². The maximum atomic E-state index is 5.82. The molecule has 110 valence electrons. The first-order chi connectivity index (χ1) is 10.3. The summed E-state index contributed by atoms with van der Waals surface area (Å²) in [5.41, 5.74) is 6.31. The first-order valence-corrected chi connectivity index (χ1v) is 7.27. The molecule has 0 aromatic heterocycles. The lowest BCUT2D eigenvalue weighted by molar-refractivity contribution is 0.169. The zero-order valence-electron chi connectivity index (χ0n) is 12.1. The van der Waals surface area contributed by atoms with E-state index >= 15 is 0 Å². The quantitative estimate of drug-likeness (QED) is 0.669. The highest BCUT2D eigenvalue weighted by Crippen LogP contribution is 2.38. The fraction of sp³-hybridized carbons (Fsp3) is 0.294. The molecule has 0 saturated carbocycles. The molecule has 0 bridgehead atoms. The molecule has 0 amide bonds. The molecular formula is C17H20N2O2. The van der Waals surface area contributed by atoms with Crippen molar-refractivity contribution in [3.05, 3.63) is 59.2 Å². The van der Waals surface area contributed by atoms with Gasteiger partial charge in [-0.2, -0.15) is 0 Å². The molecular weight excluding hydrogens is 264 g/mol. The number of para-hydroxylation sites is 1. The van der Waals surface area contributed by atoms with Gasteiger partial charge in [-0.25, -0.2) is 5.43 Å². The number of aryl methyl sites for hydroxylation is 1. The molecule has 0 aliphatic carbocycles. The van der Waals surface area contributed by atoms with Crippen LogP contribution in [0.3, 0.4) is 0 Å². The number of rotatable bonds is 4. The van der Waals surface area contributed by atoms with Gasteiger partial charge in [0.05, 0.1) is 6.04 Å². The average molecular weight is 284 g/mol. The molecule has 1 aliphatic rings. The van der Waals surface area contributed by atoms with E-state index in [2.05, 4.69) is 36.6 Å². The van der Waals surface area contributed by atoms with E-state index in [1.165, 1.54) is 5.56 Å². The van der Waals surface area contributed by atoms with E-state index in [4.69, 9.17) is 15.3 Å². The van der Waals surface area contributed by atoms with Crippen LogP contribution in [0.2, 0.25) is 0 Å². The molecule has 0 spiro atoms. The van der Waals surface area contributed by atoms with Crippen molar-refractivity contribution in [2.45, 2.75) is 19.4 Å². The number of hydrogen-bond acceptors (Lipinski definition) is 4. The number of nitrogens with one attached hydrogen (secondary N) is 1. The Labute approximate surface area is 124 Å². The monoisotopic (exact) mass is 284 g/mol. The number of ether oxygens (including phenoxy) is 2. The normalized spacial score (nSPS) is 14.8. The summed E-state index contributed by atoms with van der Waals surface area (Å²) in [7, 11) is 0. The van der Waals surface area contributed by atoms with Gasteiger partial charge in [0.25, 0.3) is 0 Å². The Balaban J connectivity index is 2.03. The topological polar surface area (TPSA) is 56.5 Å². The maximum absolute atomic E-state index is 5.82. The third kappa shape index (κ3) is 2.73. The highest BCUT2D eigenvalue weighted by molar-refractivity contribution is 5.51. The van der Waals surface area contributed by atoms with Crippen LogP contribution in [-0.2, 0) is 6.42 Å².